The van der Waals surface area contributed by atoms with Gasteiger partial charge in [0, 0.05) is 17.2 Å². The van der Waals surface area contributed by atoms with Crippen LogP contribution >= 0.6 is 0 Å². The second kappa shape index (κ2) is 10.8. The fraction of sp³-hybridized carbons (Fsp3) is 0.238. The monoisotopic (exact) mass is 406 g/mol. The number of alkyl halides is 2. The van der Waals surface area contributed by atoms with Crippen molar-refractivity contribution in [2.45, 2.75) is 13.5 Å². The molecule has 0 N–H and O–H groups in total. The average Bonchev–Trinajstić information content (AvgIpc) is 2.71. The van der Waals surface area contributed by atoms with Crippen molar-refractivity contribution >= 4 is 17.8 Å². The number of esters is 1. The molecule has 0 aromatic heterocycles. The quantitative estimate of drug-likeness (QED) is 0.336. The number of para-hydroxylation sites is 1. The number of carbonyl (C=O) groups is 2. The molecule has 0 amide bonds. The van der Waals surface area contributed by atoms with Gasteiger partial charge in [-0.3, -0.25) is 4.79 Å². The Balaban J connectivity index is 1.98. The van der Waals surface area contributed by atoms with Gasteiger partial charge in [0.2, 0.25) is 0 Å². The third-order valence-corrected chi connectivity index (χ3v) is 3.67. The Hall–Kier alpha value is -3.42. The van der Waals surface area contributed by atoms with E-state index >= 15 is 0 Å². The molecule has 0 heterocycles. The minimum absolute atomic E-state index is 0.0893. The van der Waals surface area contributed by atoms with Crippen molar-refractivity contribution in [3.05, 3.63) is 59.7 Å². The Bertz CT molecular complexity index is 862. The van der Waals surface area contributed by atoms with Crippen LogP contribution in [0.5, 0.6) is 17.2 Å². The maximum atomic E-state index is 12.6. The van der Waals surface area contributed by atoms with Crippen LogP contribution in [0.1, 0.15) is 22.8 Å². The van der Waals surface area contributed by atoms with Gasteiger partial charge in [0.25, 0.3) is 0 Å². The van der Waals surface area contributed by atoms with E-state index in [-0.39, 0.29) is 17.1 Å². The molecule has 0 unspecified atom stereocenters. The highest BCUT2D eigenvalue weighted by Crippen LogP contribution is 2.33. The lowest BCUT2D eigenvalue weighted by molar-refractivity contribution is -0.136. The van der Waals surface area contributed by atoms with Crippen molar-refractivity contribution < 1.29 is 37.3 Å². The van der Waals surface area contributed by atoms with E-state index < -0.39 is 25.0 Å². The number of hydrogen-bond donors (Lipinski definition) is 0. The van der Waals surface area contributed by atoms with E-state index in [1.54, 1.807) is 30.3 Å². The molecule has 0 saturated carbocycles. The molecule has 29 heavy (non-hydrogen) atoms. The summed E-state index contributed by atoms with van der Waals surface area (Å²) in [6.07, 6.45) is 2.25. The van der Waals surface area contributed by atoms with Gasteiger partial charge in [0.15, 0.2) is 23.9 Å². The Morgan fingerprint density at radius 1 is 1.10 bits per heavy atom. The van der Waals surface area contributed by atoms with Gasteiger partial charge in [-0.1, -0.05) is 12.1 Å². The number of ether oxygens (including phenoxy) is 4. The molecule has 2 aromatic carbocycles. The van der Waals surface area contributed by atoms with Crippen LogP contribution in [0.3, 0.4) is 0 Å². The third-order valence-electron chi connectivity index (χ3n) is 3.67. The topological polar surface area (TPSA) is 71.1 Å². The lowest BCUT2D eigenvalue weighted by Gasteiger charge is -2.12. The number of rotatable bonds is 10. The first kappa shape index (κ1) is 21.9. The van der Waals surface area contributed by atoms with E-state index in [1.165, 1.54) is 25.3 Å². The summed E-state index contributed by atoms with van der Waals surface area (Å²) in [5.41, 5.74) is 0.560. The maximum Gasteiger partial charge on any atom is 0.387 e. The van der Waals surface area contributed by atoms with Gasteiger partial charge in [-0.05, 0) is 43.3 Å². The van der Waals surface area contributed by atoms with Crippen LogP contribution in [0, 0.1) is 0 Å². The predicted molar refractivity (Wildman–Crippen MR) is 102 cm³/mol. The highest BCUT2D eigenvalue weighted by Gasteiger charge is 2.14. The van der Waals surface area contributed by atoms with Gasteiger partial charge >= 0.3 is 12.6 Å². The molecule has 154 valence electrons. The summed E-state index contributed by atoms with van der Waals surface area (Å²) >= 11 is 0. The zero-order valence-corrected chi connectivity index (χ0v) is 15.9. The Kier molecular flexibility index (Phi) is 8.14. The Morgan fingerprint density at radius 2 is 1.83 bits per heavy atom. The standard InChI is InChI=1S/C21H20F2O6/c1-3-27-16-10-7-14(8-11-16)17(24)13-28-19(25)12-9-15-5-4-6-18(26-2)20(15)29-21(22)23/h4-12,21H,3,13H2,1-2H3/b12-9+. The summed E-state index contributed by atoms with van der Waals surface area (Å²) in [5.74, 6) is -0.692. The van der Waals surface area contributed by atoms with Crippen molar-refractivity contribution in [1.29, 1.82) is 0 Å². The van der Waals surface area contributed by atoms with Crippen LogP contribution in [0.15, 0.2) is 48.5 Å². The van der Waals surface area contributed by atoms with E-state index in [0.717, 1.165) is 6.08 Å². The minimum Gasteiger partial charge on any atom is -0.494 e. The molecular formula is C21H20F2O6. The molecule has 2 aromatic rings. The summed E-state index contributed by atoms with van der Waals surface area (Å²) in [6.45, 7) is -1.16. The fourth-order valence-electron chi connectivity index (χ4n) is 2.37. The molecule has 8 heteroatoms. The van der Waals surface area contributed by atoms with Crippen molar-refractivity contribution in [2.24, 2.45) is 0 Å². The van der Waals surface area contributed by atoms with Crippen LogP contribution < -0.4 is 14.2 Å². The second-order valence-corrected chi connectivity index (χ2v) is 5.58. The predicted octanol–water partition coefficient (Wildman–Crippen LogP) is 4.13. The molecule has 0 saturated heterocycles. The first-order chi connectivity index (χ1) is 13.9. The summed E-state index contributed by atoms with van der Waals surface area (Å²) in [5, 5.41) is 0. The number of benzene rings is 2. The molecule has 0 atom stereocenters. The summed E-state index contributed by atoms with van der Waals surface area (Å²) in [4.78, 5) is 24.0. The van der Waals surface area contributed by atoms with Gasteiger partial charge < -0.3 is 18.9 Å². The molecule has 2 rings (SSSR count). The largest absolute Gasteiger partial charge is 0.494 e. The van der Waals surface area contributed by atoms with Crippen molar-refractivity contribution in [3.8, 4) is 17.2 Å². The van der Waals surface area contributed by atoms with E-state index in [0.29, 0.717) is 17.9 Å². The van der Waals surface area contributed by atoms with E-state index in [9.17, 15) is 18.4 Å². The van der Waals surface area contributed by atoms with Gasteiger partial charge in [-0.25, -0.2) is 4.79 Å². The smallest absolute Gasteiger partial charge is 0.387 e. The minimum atomic E-state index is -3.06. The molecular weight excluding hydrogens is 386 g/mol. The van der Waals surface area contributed by atoms with Crippen molar-refractivity contribution in [2.75, 3.05) is 20.3 Å². The normalized spacial score (nSPS) is 10.8. The Morgan fingerprint density at radius 3 is 2.45 bits per heavy atom. The molecule has 0 radical (unpaired) electrons. The zero-order valence-electron chi connectivity index (χ0n) is 15.9. The summed E-state index contributed by atoms with van der Waals surface area (Å²) in [6, 6.07) is 10.9. The molecule has 0 fully saturated rings. The average molecular weight is 406 g/mol. The molecule has 0 aliphatic heterocycles. The van der Waals surface area contributed by atoms with E-state index in [4.69, 9.17) is 14.2 Å². The zero-order chi connectivity index (χ0) is 21.2. The first-order valence-electron chi connectivity index (χ1n) is 8.67. The van der Waals surface area contributed by atoms with E-state index in [2.05, 4.69) is 4.74 Å². The van der Waals surface area contributed by atoms with Gasteiger partial charge in [0.1, 0.15) is 5.75 Å². The molecule has 6 nitrogen and oxygen atoms in total. The van der Waals surface area contributed by atoms with Crippen LogP contribution in [-0.2, 0) is 9.53 Å². The lowest BCUT2D eigenvalue weighted by atomic mass is 10.1. The van der Waals surface area contributed by atoms with Gasteiger partial charge in [0.05, 0.1) is 13.7 Å². The number of methoxy groups -OCH3 is 1. The highest BCUT2D eigenvalue weighted by atomic mass is 19.3. The summed E-state index contributed by atoms with van der Waals surface area (Å²) < 4.78 is 44.9. The molecule has 0 aliphatic rings. The molecule has 0 bridgehead atoms. The number of halogens is 2. The highest BCUT2D eigenvalue weighted by molar-refractivity contribution is 5.99. The summed E-state index contributed by atoms with van der Waals surface area (Å²) in [7, 11) is 1.31. The second-order valence-electron chi connectivity index (χ2n) is 5.58. The van der Waals surface area contributed by atoms with Crippen LogP contribution in [-0.4, -0.2) is 38.7 Å². The molecule has 0 aliphatic carbocycles. The van der Waals surface area contributed by atoms with Crippen molar-refractivity contribution in [1.82, 2.24) is 0 Å². The van der Waals surface area contributed by atoms with Crippen LogP contribution in [0.4, 0.5) is 8.78 Å². The first-order valence-corrected chi connectivity index (χ1v) is 8.67. The van der Waals surface area contributed by atoms with Crippen LogP contribution in [0.25, 0.3) is 6.08 Å². The fourth-order valence-corrected chi connectivity index (χ4v) is 2.37. The van der Waals surface area contributed by atoms with Gasteiger partial charge in [-0.2, -0.15) is 8.78 Å². The van der Waals surface area contributed by atoms with Gasteiger partial charge in [-0.15, -0.1) is 0 Å². The van der Waals surface area contributed by atoms with Crippen LogP contribution in [0.2, 0.25) is 0 Å². The van der Waals surface area contributed by atoms with E-state index in [1.807, 2.05) is 6.92 Å². The molecule has 0 spiro atoms. The van der Waals surface area contributed by atoms with Crippen molar-refractivity contribution in [3.63, 3.8) is 0 Å². The SMILES string of the molecule is CCOc1ccc(C(=O)COC(=O)/C=C/c2cccc(OC)c2OC(F)F)cc1. The number of hydrogen-bond acceptors (Lipinski definition) is 6. The lowest BCUT2D eigenvalue weighted by Crippen LogP contribution is -2.12. The third kappa shape index (κ3) is 6.60. The number of Topliss-reactive ketones (excluding diaryl/α,β-unsaturated/α-hetero) is 1. The number of ketones is 1. The Labute approximate surface area is 166 Å². The maximum absolute atomic E-state index is 12.6. The number of carbonyl (C=O) groups excluding carboxylic acids is 2.